The fourth-order valence-corrected chi connectivity index (χ4v) is 1.33. The number of nitrogens with two attached hydrogens (primary N) is 1. The Labute approximate surface area is 66.0 Å². The maximum Gasteiger partial charge on any atom is 0.0975 e. The van der Waals surface area contributed by atoms with Gasteiger partial charge in [-0.1, -0.05) is 0 Å². The summed E-state index contributed by atoms with van der Waals surface area (Å²) < 4.78 is 5.20. The average molecular weight is 161 g/mol. The third-order valence-electron chi connectivity index (χ3n) is 2.18. The van der Waals surface area contributed by atoms with E-state index < -0.39 is 18.2 Å². The SMILES string of the molecule is CC1O[C@H](C)C(O)C(N)[C@@H]1O. The Morgan fingerprint density at radius 1 is 1.09 bits per heavy atom. The fraction of sp³-hybridized carbons (Fsp3) is 1.00. The van der Waals surface area contributed by atoms with E-state index in [1.54, 1.807) is 13.8 Å². The summed E-state index contributed by atoms with van der Waals surface area (Å²) in [5, 5.41) is 18.6. The van der Waals surface area contributed by atoms with Gasteiger partial charge in [0.15, 0.2) is 0 Å². The molecule has 1 aliphatic heterocycles. The summed E-state index contributed by atoms with van der Waals surface area (Å²) in [7, 11) is 0. The molecular weight excluding hydrogens is 146 g/mol. The van der Waals surface area contributed by atoms with E-state index in [-0.39, 0.29) is 12.2 Å². The highest BCUT2D eigenvalue weighted by molar-refractivity contribution is 4.91. The van der Waals surface area contributed by atoms with Crippen molar-refractivity contribution < 1.29 is 14.9 Å². The number of aliphatic hydroxyl groups excluding tert-OH is 2. The molecule has 0 amide bonds. The minimum absolute atomic E-state index is 0.289. The zero-order chi connectivity index (χ0) is 8.59. The van der Waals surface area contributed by atoms with Gasteiger partial charge in [-0.15, -0.1) is 0 Å². The Kier molecular flexibility index (Phi) is 2.49. The molecule has 3 unspecified atom stereocenters. The molecule has 0 bridgehead atoms. The van der Waals surface area contributed by atoms with Gasteiger partial charge in [0, 0.05) is 0 Å². The van der Waals surface area contributed by atoms with Crippen molar-refractivity contribution in [2.75, 3.05) is 0 Å². The lowest BCUT2D eigenvalue weighted by atomic mass is 9.95. The quantitative estimate of drug-likeness (QED) is 0.419. The normalized spacial score (nSPS) is 52.6. The number of ether oxygens (including phenoxy) is 1. The molecule has 0 radical (unpaired) electrons. The Morgan fingerprint density at radius 3 is 1.82 bits per heavy atom. The first-order chi connectivity index (χ1) is 5.04. The first-order valence-electron chi connectivity index (χ1n) is 3.81. The lowest BCUT2D eigenvalue weighted by Crippen LogP contribution is -2.59. The van der Waals surface area contributed by atoms with Crippen molar-refractivity contribution >= 4 is 0 Å². The summed E-state index contributed by atoms with van der Waals surface area (Å²) in [5.74, 6) is 0. The summed E-state index contributed by atoms with van der Waals surface area (Å²) >= 11 is 0. The Balaban J connectivity index is 2.63. The van der Waals surface area contributed by atoms with Crippen LogP contribution >= 0.6 is 0 Å². The highest BCUT2D eigenvalue weighted by Gasteiger charge is 2.38. The summed E-state index contributed by atoms with van der Waals surface area (Å²) in [6, 6.07) is -0.589. The topological polar surface area (TPSA) is 75.7 Å². The molecule has 11 heavy (non-hydrogen) atoms. The molecule has 0 aromatic heterocycles. The minimum atomic E-state index is -0.763. The Hall–Kier alpha value is -0.160. The molecule has 0 saturated carbocycles. The lowest BCUT2D eigenvalue weighted by molar-refractivity contribution is -0.165. The van der Waals surface area contributed by atoms with E-state index in [1.807, 2.05) is 0 Å². The van der Waals surface area contributed by atoms with Gasteiger partial charge in [0.25, 0.3) is 0 Å². The van der Waals surface area contributed by atoms with Crippen LogP contribution in [0, 0.1) is 0 Å². The molecule has 1 rings (SSSR count). The standard InChI is InChI=1S/C7H15NO3/c1-3-6(9)5(8)7(10)4(2)11-3/h3-7,9-10H,8H2,1-2H3/t3-,4?,5?,6?,7-/m1/s1. The molecule has 5 atom stereocenters. The third kappa shape index (κ3) is 1.54. The van der Waals surface area contributed by atoms with Crippen molar-refractivity contribution in [3.8, 4) is 0 Å². The molecule has 4 N–H and O–H groups in total. The molecule has 0 spiro atoms. The van der Waals surface area contributed by atoms with Gasteiger partial charge in [0.2, 0.25) is 0 Å². The van der Waals surface area contributed by atoms with Gasteiger partial charge in [-0.3, -0.25) is 0 Å². The van der Waals surface area contributed by atoms with Crippen molar-refractivity contribution in [2.45, 2.75) is 44.3 Å². The van der Waals surface area contributed by atoms with Crippen LogP contribution in [-0.4, -0.2) is 40.7 Å². The molecule has 0 aliphatic carbocycles. The van der Waals surface area contributed by atoms with Crippen molar-refractivity contribution in [3.63, 3.8) is 0 Å². The van der Waals surface area contributed by atoms with E-state index in [4.69, 9.17) is 10.5 Å². The minimum Gasteiger partial charge on any atom is -0.389 e. The molecule has 0 aromatic rings. The number of aliphatic hydroxyl groups is 2. The van der Waals surface area contributed by atoms with E-state index in [1.165, 1.54) is 0 Å². The van der Waals surface area contributed by atoms with Gasteiger partial charge in [-0.2, -0.15) is 0 Å². The van der Waals surface area contributed by atoms with Gasteiger partial charge in [-0.25, -0.2) is 0 Å². The van der Waals surface area contributed by atoms with Crippen LogP contribution in [0.15, 0.2) is 0 Å². The zero-order valence-electron chi connectivity index (χ0n) is 6.77. The summed E-state index contributed by atoms with van der Waals surface area (Å²) in [4.78, 5) is 0. The average Bonchev–Trinajstić information content (AvgIpc) is 1.97. The van der Waals surface area contributed by atoms with Crippen molar-refractivity contribution in [3.05, 3.63) is 0 Å². The third-order valence-corrected chi connectivity index (χ3v) is 2.18. The van der Waals surface area contributed by atoms with Crippen LogP contribution in [0.25, 0.3) is 0 Å². The summed E-state index contributed by atoms with van der Waals surface area (Å²) in [6.07, 6.45) is -2.10. The van der Waals surface area contributed by atoms with Crippen LogP contribution in [0.1, 0.15) is 13.8 Å². The van der Waals surface area contributed by atoms with E-state index in [0.717, 1.165) is 0 Å². The molecule has 4 heteroatoms. The Bertz CT molecular complexity index is 128. The van der Waals surface area contributed by atoms with Crippen LogP contribution in [-0.2, 0) is 4.74 Å². The van der Waals surface area contributed by atoms with E-state index in [0.29, 0.717) is 0 Å². The van der Waals surface area contributed by atoms with Gasteiger partial charge in [0.1, 0.15) is 0 Å². The fourth-order valence-electron chi connectivity index (χ4n) is 1.33. The number of rotatable bonds is 0. The number of hydrogen-bond acceptors (Lipinski definition) is 4. The second-order valence-corrected chi connectivity index (χ2v) is 3.10. The van der Waals surface area contributed by atoms with Crippen LogP contribution in [0.5, 0.6) is 0 Å². The van der Waals surface area contributed by atoms with Crippen LogP contribution in [0.3, 0.4) is 0 Å². The molecule has 1 aliphatic rings. The van der Waals surface area contributed by atoms with E-state index >= 15 is 0 Å². The second-order valence-electron chi connectivity index (χ2n) is 3.10. The highest BCUT2D eigenvalue weighted by Crippen LogP contribution is 2.18. The number of hydrogen-bond donors (Lipinski definition) is 3. The lowest BCUT2D eigenvalue weighted by Gasteiger charge is -2.38. The van der Waals surface area contributed by atoms with E-state index in [2.05, 4.69) is 0 Å². The van der Waals surface area contributed by atoms with Gasteiger partial charge < -0.3 is 20.7 Å². The predicted molar refractivity (Wildman–Crippen MR) is 40.0 cm³/mol. The first kappa shape index (κ1) is 8.93. The Morgan fingerprint density at radius 2 is 1.45 bits per heavy atom. The maximum atomic E-state index is 9.32. The molecular formula is C7H15NO3. The zero-order valence-corrected chi connectivity index (χ0v) is 6.77. The maximum absolute atomic E-state index is 9.32. The summed E-state index contributed by atoms with van der Waals surface area (Å²) in [5.41, 5.74) is 5.52. The van der Waals surface area contributed by atoms with Crippen molar-refractivity contribution in [1.29, 1.82) is 0 Å². The first-order valence-corrected chi connectivity index (χ1v) is 3.81. The predicted octanol–water partition coefficient (Wildman–Crippen LogP) is -1.16. The van der Waals surface area contributed by atoms with Gasteiger partial charge in [0.05, 0.1) is 30.5 Å². The van der Waals surface area contributed by atoms with Crippen LogP contribution in [0.4, 0.5) is 0 Å². The van der Waals surface area contributed by atoms with Crippen molar-refractivity contribution in [2.24, 2.45) is 5.73 Å². The largest absolute Gasteiger partial charge is 0.389 e. The molecule has 0 aromatic carbocycles. The smallest absolute Gasteiger partial charge is 0.0975 e. The van der Waals surface area contributed by atoms with E-state index in [9.17, 15) is 10.2 Å². The highest BCUT2D eigenvalue weighted by atomic mass is 16.5. The molecule has 1 fully saturated rings. The monoisotopic (exact) mass is 161 g/mol. The second kappa shape index (κ2) is 3.06. The molecule has 66 valence electrons. The van der Waals surface area contributed by atoms with Gasteiger partial charge >= 0.3 is 0 Å². The van der Waals surface area contributed by atoms with Gasteiger partial charge in [-0.05, 0) is 13.8 Å². The van der Waals surface area contributed by atoms with Crippen LogP contribution in [0.2, 0.25) is 0 Å². The summed E-state index contributed by atoms with van der Waals surface area (Å²) in [6.45, 7) is 3.49. The molecule has 4 nitrogen and oxygen atoms in total. The van der Waals surface area contributed by atoms with Crippen molar-refractivity contribution in [1.82, 2.24) is 0 Å². The molecule has 1 saturated heterocycles. The molecule has 1 heterocycles. The van der Waals surface area contributed by atoms with Crippen LogP contribution < -0.4 is 5.73 Å².